The number of hydrogen-bond acceptors (Lipinski definition) is 2. The normalized spacial score (nSPS) is 12.0. The van der Waals surface area contributed by atoms with Crippen LogP contribution in [0.3, 0.4) is 0 Å². The molecule has 2 nitrogen and oxygen atoms in total. The molecule has 0 saturated carbocycles. The molecule has 0 bridgehead atoms. The molecule has 56 heavy (non-hydrogen) atoms. The molecule has 9 aromatic carbocycles. The lowest BCUT2D eigenvalue weighted by Crippen LogP contribution is -2.15. The Bertz CT molecular complexity index is 3150. The molecule has 0 amide bonds. The topological polar surface area (TPSA) is 16.4 Å². The maximum atomic E-state index is 6.52. The van der Waals surface area contributed by atoms with E-state index in [1.165, 1.54) is 38.1 Å². The smallest absolute Gasteiger partial charge is 0.136 e. The van der Waals surface area contributed by atoms with Crippen LogP contribution in [-0.4, -0.2) is 0 Å². The molecule has 1 heterocycles. The summed E-state index contributed by atoms with van der Waals surface area (Å²) < 4.78 is 6.52. The van der Waals surface area contributed by atoms with E-state index in [1.54, 1.807) is 0 Å². The number of hydrogen-bond donors (Lipinski definition) is 0. The van der Waals surface area contributed by atoms with Gasteiger partial charge in [-0.15, -0.1) is 0 Å². The molecule has 0 spiro atoms. The summed E-state index contributed by atoms with van der Waals surface area (Å²) in [6.45, 7) is 4.08. The average Bonchev–Trinajstić information content (AvgIpc) is 3.63. The summed E-state index contributed by atoms with van der Waals surface area (Å²) >= 11 is 0. The van der Waals surface area contributed by atoms with E-state index in [9.17, 15) is 0 Å². The Morgan fingerprint density at radius 3 is 1.89 bits per heavy atom. The fourth-order valence-corrected chi connectivity index (χ4v) is 8.16. The SMILES string of the molecule is C=C/C=C\C(=C\c1cccc2oc3cc4ccccc4cc3c12)N(c1ccc(-c2ccccc2)c(-c2ccccc2)c1)c1ccc2c(ccc3ccccc32)c1. The lowest BCUT2D eigenvalue weighted by molar-refractivity contribution is 0.669. The summed E-state index contributed by atoms with van der Waals surface area (Å²) in [5.74, 6) is 0. The molecule has 10 rings (SSSR count). The first-order valence-electron chi connectivity index (χ1n) is 19.0. The van der Waals surface area contributed by atoms with Gasteiger partial charge in [-0.1, -0.05) is 164 Å². The van der Waals surface area contributed by atoms with Gasteiger partial charge in [-0.3, -0.25) is 0 Å². The number of rotatable bonds is 8. The molecule has 0 radical (unpaired) electrons. The van der Waals surface area contributed by atoms with Gasteiger partial charge in [-0.05, 0) is 115 Å². The Balaban J connectivity index is 1.24. The largest absolute Gasteiger partial charge is 0.456 e. The second kappa shape index (κ2) is 14.1. The van der Waals surface area contributed by atoms with E-state index in [0.717, 1.165) is 61.1 Å². The summed E-state index contributed by atoms with van der Waals surface area (Å²) in [5.41, 5.74) is 10.6. The molecular formula is C54H37NO. The van der Waals surface area contributed by atoms with Crippen molar-refractivity contribution in [2.45, 2.75) is 0 Å². The van der Waals surface area contributed by atoms with Crippen LogP contribution < -0.4 is 4.90 Å². The molecule has 264 valence electrons. The van der Waals surface area contributed by atoms with Crippen LogP contribution in [0, 0.1) is 0 Å². The average molecular weight is 716 g/mol. The Labute approximate surface area is 326 Å². The molecule has 0 fully saturated rings. The standard InChI is InChI=1S/C54H37NO/c1-2-3-23-44(33-43-22-14-25-52-54(43)51-34-40-20-10-11-21-41(40)35-53(51)56-52)55(45-28-31-49-42(32-45)27-26-39-19-12-13-24-47(39)49)46-29-30-48(37-15-6-4-7-16-37)50(36-46)38-17-8-5-9-18-38/h2-36H,1H2/b23-3-,44-33-. The van der Waals surface area contributed by atoms with Crippen molar-refractivity contribution in [1.29, 1.82) is 0 Å². The second-order valence-electron chi connectivity index (χ2n) is 14.2. The number of benzene rings is 9. The van der Waals surface area contributed by atoms with E-state index in [4.69, 9.17) is 4.42 Å². The van der Waals surface area contributed by atoms with E-state index in [2.05, 4.69) is 212 Å². The number of anilines is 2. The number of furan rings is 1. The van der Waals surface area contributed by atoms with Crippen molar-refractivity contribution in [3.05, 3.63) is 224 Å². The second-order valence-corrected chi connectivity index (χ2v) is 14.2. The molecule has 1 aromatic heterocycles. The van der Waals surface area contributed by atoms with E-state index >= 15 is 0 Å². The van der Waals surface area contributed by atoms with Crippen LogP contribution in [0.25, 0.3) is 82.6 Å². The highest BCUT2D eigenvalue weighted by Crippen LogP contribution is 2.42. The van der Waals surface area contributed by atoms with Crippen molar-refractivity contribution in [3.63, 3.8) is 0 Å². The van der Waals surface area contributed by atoms with Gasteiger partial charge >= 0.3 is 0 Å². The third-order valence-corrected chi connectivity index (χ3v) is 10.8. The van der Waals surface area contributed by atoms with Crippen LogP contribution in [-0.2, 0) is 0 Å². The minimum absolute atomic E-state index is 0.860. The van der Waals surface area contributed by atoms with Gasteiger partial charge in [0.2, 0.25) is 0 Å². The highest BCUT2D eigenvalue weighted by atomic mass is 16.3. The van der Waals surface area contributed by atoms with Crippen molar-refractivity contribution in [2.24, 2.45) is 0 Å². The first-order chi connectivity index (χ1) is 27.7. The van der Waals surface area contributed by atoms with Crippen LogP contribution in [0.1, 0.15) is 5.56 Å². The van der Waals surface area contributed by atoms with Gasteiger partial charge in [0.1, 0.15) is 11.2 Å². The van der Waals surface area contributed by atoms with Gasteiger partial charge in [-0.2, -0.15) is 0 Å². The van der Waals surface area contributed by atoms with Crippen molar-refractivity contribution in [3.8, 4) is 22.3 Å². The summed E-state index contributed by atoms with van der Waals surface area (Å²) in [5, 5.41) is 9.42. The third kappa shape index (κ3) is 5.95. The van der Waals surface area contributed by atoms with Crippen molar-refractivity contribution in [2.75, 3.05) is 4.90 Å². The Morgan fingerprint density at radius 2 is 1.11 bits per heavy atom. The molecule has 0 aliphatic carbocycles. The highest BCUT2D eigenvalue weighted by Gasteiger charge is 2.19. The predicted octanol–water partition coefficient (Wildman–Crippen LogP) is 15.3. The summed E-state index contributed by atoms with van der Waals surface area (Å²) in [6, 6.07) is 67.3. The van der Waals surface area contributed by atoms with Gasteiger partial charge in [0.05, 0.1) is 0 Å². The molecule has 0 atom stereocenters. The molecule has 0 aliphatic rings. The Kier molecular flexibility index (Phi) is 8.35. The molecule has 0 aliphatic heterocycles. The molecule has 2 heteroatoms. The van der Waals surface area contributed by atoms with Gasteiger partial charge < -0.3 is 9.32 Å². The number of fused-ring (bicyclic) bond motifs is 7. The van der Waals surface area contributed by atoms with Gasteiger partial charge in [0.15, 0.2) is 0 Å². The predicted molar refractivity (Wildman–Crippen MR) is 239 cm³/mol. The van der Waals surface area contributed by atoms with Crippen molar-refractivity contribution >= 4 is 71.7 Å². The fraction of sp³-hybridized carbons (Fsp3) is 0. The molecule has 0 unspecified atom stereocenters. The highest BCUT2D eigenvalue weighted by molar-refractivity contribution is 6.13. The first kappa shape index (κ1) is 33.2. The van der Waals surface area contributed by atoms with E-state index in [-0.39, 0.29) is 0 Å². The van der Waals surface area contributed by atoms with Gasteiger partial charge in [0, 0.05) is 27.8 Å². The zero-order valence-electron chi connectivity index (χ0n) is 30.8. The monoisotopic (exact) mass is 715 g/mol. The fourth-order valence-electron chi connectivity index (χ4n) is 8.16. The summed E-state index contributed by atoms with van der Waals surface area (Å²) in [7, 11) is 0. The van der Waals surface area contributed by atoms with Gasteiger partial charge in [0.25, 0.3) is 0 Å². The molecule has 10 aromatic rings. The number of allylic oxidation sites excluding steroid dienone is 3. The van der Waals surface area contributed by atoms with Crippen LogP contribution in [0.4, 0.5) is 11.4 Å². The minimum Gasteiger partial charge on any atom is -0.456 e. The minimum atomic E-state index is 0.860. The van der Waals surface area contributed by atoms with Crippen LogP contribution in [0.15, 0.2) is 223 Å². The van der Waals surface area contributed by atoms with E-state index in [1.807, 2.05) is 12.2 Å². The van der Waals surface area contributed by atoms with Crippen LogP contribution >= 0.6 is 0 Å². The van der Waals surface area contributed by atoms with E-state index in [0.29, 0.717) is 0 Å². The zero-order valence-corrected chi connectivity index (χ0v) is 30.8. The summed E-state index contributed by atoms with van der Waals surface area (Å²) in [6.07, 6.45) is 8.29. The molecule has 0 N–H and O–H groups in total. The molecular weight excluding hydrogens is 679 g/mol. The quantitative estimate of drug-likeness (QED) is 0.115. The Morgan fingerprint density at radius 1 is 0.464 bits per heavy atom. The number of nitrogens with zero attached hydrogens (tertiary/aromatic N) is 1. The lowest BCUT2D eigenvalue weighted by Gasteiger charge is -2.28. The van der Waals surface area contributed by atoms with Crippen molar-refractivity contribution < 1.29 is 4.42 Å². The molecule has 0 saturated heterocycles. The van der Waals surface area contributed by atoms with Crippen LogP contribution in [0.5, 0.6) is 0 Å². The zero-order chi connectivity index (χ0) is 37.4. The first-order valence-corrected chi connectivity index (χ1v) is 19.0. The Hall–Kier alpha value is -7.42. The third-order valence-electron chi connectivity index (χ3n) is 10.8. The van der Waals surface area contributed by atoms with Gasteiger partial charge in [-0.25, -0.2) is 0 Å². The maximum Gasteiger partial charge on any atom is 0.136 e. The summed E-state index contributed by atoms with van der Waals surface area (Å²) in [4.78, 5) is 2.37. The maximum absolute atomic E-state index is 6.52. The van der Waals surface area contributed by atoms with Crippen molar-refractivity contribution in [1.82, 2.24) is 0 Å². The van der Waals surface area contributed by atoms with E-state index < -0.39 is 0 Å². The van der Waals surface area contributed by atoms with Crippen LogP contribution in [0.2, 0.25) is 0 Å². The lowest BCUT2D eigenvalue weighted by atomic mass is 9.93.